The molecule has 0 radical (unpaired) electrons. The van der Waals surface area contributed by atoms with Crippen LogP contribution in [-0.2, 0) is 4.74 Å². The molecule has 1 aliphatic rings. The molecule has 0 aromatic carbocycles. The molecule has 1 aliphatic heterocycles. The Morgan fingerprint density at radius 2 is 2.27 bits per heavy atom. The van der Waals surface area contributed by atoms with Crippen molar-refractivity contribution in [2.45, 2.75) is 25.0 Å². The number of aromatic nitrogens is 2. The van der Waals surface area contributed by atoms with Gasteiger partial charge in [-0.15, -0.1) is 0 Å². The number of rotatable bonds is 3. The Hall–Kier alpha value is -1.14. The molecule has 0 saturated carbocycles. The maximum Gasteiger partial charge on any atom is 0.323 e. The fourth-order valence-electron chi connectivity index (χ4n) is 1.61. The number of ether oxygens (including phenoxy) is 1. The van der Waals surface area contributed by atoms with Crippen LogP contribution in [0.3, 0.4) is 0 Å². The molecule has 2 rings (SSSR count). The Kier molecular flexibility index (Phi) is 2.88. The zero-order chi connectivity index (χ0) is 10.8. The van der Waals surface area contributed by atoms with Crippen LogP contribution in [0.5, 0.6) is 0 Å². The molecule has 1 aromatic rings. The van der Waals surface area contributed by atoms with Gasteiger partial charge in [-0.05, 0) is 12.8 Å². The number of hydrogen-bond donors (Lipinski definition) is 1. The van der Waals surface area contributed by atoms with Crippen molar-refractivity contribution in [3.63, 3.8) is 0 Å². The Bertz CT molecular complexity index is 326. The summed E-state index contributed by atoms with van der Waals surface area (Å²) >= 11 is 0. The fraction of sp³-hybridized carbons (Fsp3) is 0.778. The zero-order valence-electron chi connectivity index (χ0n) is 9.01. The Labute approximate surface area is 88.4 Å². The predicted octanol–water partition coefficient (Wildman–Crippen LogP) is 0.314. The first-order valence-electron chi connectivity index (χ1n) is 5.07. The summed E-state index contributed by atoms with van der Waals surface area (Å²) in [6.07, 6.45) is 1.95. The summed E-state index contributed by atoms with van der Waals surface area (Å²) in [6, 6.07) is 0.504. The lowest BCUT2D eigenvalue weighted by Crippen LogP contribution is -2.19. The number of anilines is 1. The number of nitrogens with zero attached hydrogens (tertiary/aromatic N) is 3. The highest BCUT2D eigenvalue weighted by Gasteiger charge is 2.29. The first-order chi connectivity index (χ1) is 7.20. The van der Waals surface area contributed by atoms with Gasteiger partial charge in [0.1, 0.15) is 6.10 Å². The molecule has 15 heavy (non-hydrogen) atoms. The van der Waals surface area contributed by atoms with E-state index >= 15 is 0 Å². The van der Waals surface area contributed by atoms with E-state index in [4.69, 9.17) is 15.0 Å². The van der Waals surface area contributed by atoms with Gasteiger partial charge in [0.05, 0.1) is 6.10 Å². The summed E-state index contributed by atoms with van der Waals surface area (Å²) < 4.78 is 10.7. The zero-order valence-corrected chi connectivity index (χ0v) is 9.01. The summed E-state index contributed by atoms with van der Waals surface area (Å²) in [4.78, 5) is 6.01. The van der Waals surface area contributed by atoms with E-state index in [1.165, 1.54) is 0 Å². The van der Waals surface area contributed by atoms with Crippen molar-refractivity contribution in [1.29, 1.82) is 0 Å². The molecular weight excluding hydrogens is 196 g/mol. The van der Waals surface area contributed by atoms with Crippen LogP contribution in [0.15, 0.2) is 4.52 Å². The van der Waals surface area contributed by atoms with E-state index in [-0.39, 0.29) is 12.2 Å². The fourth-order valence-corrected chi connectivity index (χ4v) is 1.61. The minimum Gasteiger partial charge on any atom is -0.366 e. The summed E-state index contributed by atoms with van der Waals surface area (Å²) in [6.45, 7) is 0.550. The van der Waals surface area contributed by atoms with Crippen LogP contribution >= 0.6 is 0 Å². The van der Waals surface area contributed by atoms with Gasteiger partial charge in [-0.25, -0.2) is 0 Å². The lowest BCUT2D eigenvalue weighted by Gasteiger charge is -2.08. The molecule has 0 spiro atoms. The molecule has 1 fully saturated rings. The van der Waals surface area contributed by atoms with Gasteiger partial charge in [-0.1, -0.05) is 5.16 Å². The minimum atomic E-state index is -0.0593. The van der Waals surface area contributed by atoms with Gasteiger partial charge in [0.2, 0.25) is 5.82 Å². The molecule has 6 nitrogen and oxygen atoms in total. The van der Waals surface area contributed by atoms with Crippen LogP contribution < -0.4 is 10.6 Å². The van der Waals surface area contributed by atoms with Crippen molar-refractivity contribution < 1.29 is 9.26 Å². The molecule has 0 amide bonds. The summed E-state index contributed by atoms with van der Waals surface area (Å²) in [5.41, 5.74) is 5.53. The van der Waals surface area contributed by atoms with Crippen LogP contribution in [0, 0.1) is 0 Å². The van der Waals surface area contributed by atoms with E-state index in [0.717, 1.165) is 12.8 Å². The summed E-state index contributed by atoms with van der Waals surface area (Å²) in [5.74, 6) is 0.620. The van der Waals surface area contributed by atoms with E-state index in [0.29, 0.717) is 18.4 Å². The van der Waals surface area contributed by atoms with E-state index in [1.54, 1.807) is 4.90 Å². The van der Waals surface area contributed by atoms with Crippen molar-refractivity contribution in [2.24, 2.45) is 5.73 Å². The predicted molar refractivity (Wildman–Crippen MR) is 54.5 cm³/mol. The van der Waals surface area contributed by atoms with E-state index in [1.807, 2.05) is 14.1 Å². The third kappa shape index (κ3) is 2.10. The molecular formula is C9H16N4O2. The quantitative estimate of drug-likeness (QED) is 0.777. The number of nitrogens with two attached hydrogens (primary N) is 1. The molecule has 2 atom stereocenters. The second-order valence-corrected chi connectivity index (χ2v) is 3.89. The van der Waals surface area contributed by atoms with E-state index in [9.17, 15) is 0 Å². The van der Waals surface area contributed by atoms with Crippen molar-refractivity contribution in [1.82, 2.24) is 10.1 Å². The molecule has 0 bridgehead atoms. The Morgan fingerprint density at radius 3 is 2.80 bits per heavy atom. The van der Waals surface area contributed by atoms with Crippen molar-refractivity contribution in [3.8, 4) is 0 Å². The third-order valence-electron chi connectivity index (χ3n) is 2.47. The second-order valence-electron chi connectivity index (χ2n) is 3.89. The second kappa shape index (κ2) is 4.16. The molecule has 0 aliphatic carbocycles. The maximum absolute atomic E-state index is 5.66. The average molecular weight is 212 g/mol. The van der Waals surface area contributed by atoms with Gasteiger partial charge < -0.3 is 19.9 Å². The average Bonchev–Trinajstić information content (AvgIpc) is 2.86. The normalized spacial score (nSPS) is 25.8. The highest BCUT2D eigenvalue weighted by Crippen LogP contribution is 2.31. The highest BCUT2D eigenvalue weighted by molar-refractivity contribution is 5.21. The summed E-state index contributed by atoms with van der Waals surface area (Å²) in [5, 5.41) is 3.89. The first-order valence-corrected chi connectivity index (χ1v) is 5.07. The Balaban J connectivity index is 2.04. The molecule has 2 heterocycles. The highest BCUT2D eigenvalue weighted by atomic mass is 16.5. The SMILES string of the molecule is CN(C)c1nc(C2CCC(CN)O2)no1. The first kappa shape index (κ1) is 10.4. The van der Waals surface area contributed by atoms with Crippen molar-refractivity contribution in [3.05, 3.63) is 5.82 Å². The maximum atomic E-state index is 5.66. The van der Waals surface area contributed by atoms with Gasteiger partial charge in [0, 0.05) is 20.6 Å². The molecule has 2 unspecified atom stereocenters. The van der Waals surface area contributed by atoms with Crippen molar-refractivity contribution in [2.75, 3.05) is 25.5 Å². The largest absolute Gasteiger partial charge is 0.366 e. The van der Waals surface area contributed by atoms with E-state index in [2.05, 4.69) is 10.1 Å². The monoisotopic (exact) mass is 212 g/mol. The minimum absolute atomic E-state index is 0.0593. The molecule has 2 N–H and O–H groups in total. The summed E-state index contributed by atoms with van der Waals surface area (Å²) in [7, 11) is 3.71. The van der Waals surface area contributed by atoms with Gasteiger partial charge in [-0.2, -0.15) is 4.98 Å². The molecule has 1 aromatic heterocycles. The van der Waals surface area contributed by atoms with Gasteiger partial charge in [-0.3, -0.25) is 0 Å². The lowest BCUT2D eigenvalue weighted by molar-refractivity contribution is 0.0435. The van der Waals surface area contributed by atoms with Gasteiger partial charge in [0.15, 0.2) is 0 Å². The van der Waals surface area contributed by atoms with Crippen LogP contribution in [-0.4, -0.2) is 36.9 Å². The Morgan fingerprint density at radius 1 is 1.47 bits per heavy atom. The topological polar surface area (TPSA) is 77.4 Å². The van der Waals surface area contributed by atoms with Crippen LogP contribution in [0.2, 0.25) is 0 Å². The van der Waals surface area contributed by atoms with Crippen molar-refractivity contribution >= 4 is 6.01 Å². The molecule has 1 saturated heterocycles. The van der Waals surface area contributed by atoms with Gasteiger partial charge in [0.25, 0.3) is 0 Å². The van der Waals surface area contributed by atoms with Gasteiger partial charge >= 0.3 is 6.01 Å². The standard InChI is InChI=1S/C9H16N4O2/c1-13(2)9-11-8(12-15-9)7-4-3-6(5-10)14-7/h6-7H,3-5,10H2,1-2H3. The molecule has 6 heteroatoms. The lowest BCUT2D eigenvalue weighted by atomic mass is 10.2. The van der Waals surface area contributed by atoms with Crippen LogP contribution in [0.4, 0.5) is 6.01 Å². The number of hydrogen-bond acceptors (Lipinski definition) is 6. The smallest absolute Gasteiger partial charge is 0.323 e. The van der Waals surface area contributed by atoms with Crippen LogP contribution in [0.1, 0.15) is 24.8 Å². The third-order valence-corrected chi connectivity index (χ3v) is 2.47. The molecule has 84 valence electrons. The van der Waals surface area contributed by atoms with Crippen LogP contribution in [0.25, 0.3) is 0 Å². The van der Waals surface area contributed by atoms with E-state index < -0.39 is 0 Å².